The quantitative estimate of drug-likeness (QED) is 0.837. The molecule has 2 rings (SSSR count). The summed E-state index contributed by atoms with van der Waals surface area (Å²) in [5.74, 6) is 0.364. The molecule has 1 amide bonds. The molecule has 1 unspecified atom stereocenters. The van der Waals surface area contributed by atoms with Gasteiger partial charge in [0.1, 0.15) is 11.2 Å². The van der Waals surface area contributed by atoms with Crippen molar-refractivity contribution in [3.8, 4) is 0 Å². The summed E-state index contributed by atoms with van der Waals surface area (Å²) in [6.07, 6.45) is 0. The Labute approximate surface area is 125 Å². The molecule has 1 aromatic carbocycles. The van der Waals surface area contributed by atoms with Gasteiger partial charge in [-0.1, -0.05) is 6.07 Å². The first-order chi connectivity index (χ1) is 8.99. The van der Waals surface area contributed by atoms with Crippen LogP contribution in [0.25, 0.3) is 0 Å². The van der Waals surface area contributed by atoms with Gasteiger partial charge in [0.15, 0.2) is 0 Å². The molecule has 0 saturated carbocycles. The molecule has 0 radical (unpaired) electrons. The van der Waals surface area contributed by atoms with Gasteiger partial charge in [0, 0.05) is 13.1 Å². The standard InChI is InChI=1S/C13H16BrFN2OS/c1-16(2)5-6-17-12(18)8-19-13(17)9-3-4-11(15)10(14)7-9/h3-4,7,13H,5-6,8H2,1-2H3. The molecule has 1 saturated heterocycles. The van der Waals surface area contributed by atoms with Crippen LogP contribution in [-0.2, 0) is 4.79 Å². The highest BCUT2D eigenvalue weighted by Crippen LogP contribution is 2.39. The second kappa shape index (κ2) is 6.24. The zero-order valence-electron chi connectivity index (χ0n) is 10.9. The van der Waals surface area contributed by atoms with E-state index in [9.17, 15) is 9.18 Å². The SMILES string of the molecule is CN(C)CCN1C(=O)CSC1c1ccc(F)c(Br)c1. The lowest BCUT2D eigenvalue weighted by atomic mass is 10.2. The molecule has 3 nitrogen and oxygen atoms in total. The highest BCUT2D eigenvalue weighted by Gasteiger charge is 2.32. The fraction of sp³-hybridized carbons (Fsp3) is 0.462. The van der Waals surface area contributed by atoms with Crippen LogP contribution in [0.4, 0.5) is 4.39 Å². The highest BCUT2D eigenvalue weighted by atomic mass is 79.9. The number of rotatable bonds is 4. The fourth-order valence-electron chi connectivity index (χ4n) is 1.95. The van der Waals surface area contributed by atoms with Gasteiger partial charge >= 0.3 is 0 Å². The lowest BCUT2D eigenvalue weighted by Crippen LogP contribution is -2.34. The number of carbonyl (C=O) groups excluding carboxylic acids is 1. The molecule has 1 fully saturated rings. The Morgan fingerprint density at radius 1 is 1.53 bits per heavy atom. The van der Waals surface area contributed by atoms with E-state index in [0.29, 0.717) is 16.8 Å². The normalized spacial score (nSPS) is 19.5. The summed E-state index contributed by atoms with van der Waals surface area (Å²) >= 11 is 4.79. The summed E-state index contributed by atoms with van der Waals surface area (Å²) in [7, 11) is 3.97. The molecule has 6 heteroatoms. The van der Waals surface area contributed by atoms with E-state index < -0.39 is 0 Å². The van der Waals surface area contributed by atoms with E-state index in [0.717, 1.165) is 12.1 Å². The van der Waals surface area contributed by atoms with Gasteiger partial charge in [-0.15, -0.1) is 11.8 Å². The second-order valence-corrected chi connectivity index (χ2v) is 6.65. The van der Waals surface area contributed by atoms with Crippen LogP contribution >= 0.6 is 27.7 Å². The predicted octanol–water partition coefficient (Wildman–Crippen LogP) is 2.72. The van der Waals surface area contributed by atoms with Gasteiger partial charge in [-0.05, 0) is 47.7 Å². The second-order valence-electron chi connectivity index (χ2n) is 4.73. The van der Waals surface area contributed by atoms with Gasteiger partial charge < -0.3 is 9.80 Å². The molecule has 0 aromatic heterocycles. The number of amides is 1. The number of thioether (sulfide) groups is 1. The van der Waals surface area contributed by atoms with Gasteiger partial charge in [-0.3, -0.25) is 4.79 Å². The van der Waals surface area contributed by atoms with Crippen molar-refractivity contribution in [1.82, 2.24) is 9.80 Å². The van der Waals surface area contributed by atoms with Crippen molar-refractivity contribution in [2.75, 3.05) is 32.9 Å². The van der Waals surface area contributed by atoms with Crippen LogP contribution in [0.5, 0.6) is 0 Å². The van der Waals surface area contributed by atoms with Crippen molar-refractivity contribution in [2.24, 2.45) is 0 Å². The molecule has 0 aliphatic carbocycles. The molecule has 19 heavy (non-hydrogen) atoms. The van der Waals surface area contributed by atoms with E-state index in [1.165, 1.54) is 6.07 Å². The van der Waals surface area contributed by atoms with Crippen molar-refractivity contribution in [2.45, 2.75) is 5.37 Å². The van der Waals surface area contributed by atoms with E-state index in [2.05, 4.69) is 15.9 Å². The monoisotopic (exact) mass is 346 g/mol. The number of halogens is 2. The summed E-state index contributed by atoms with van der Waals surface area (Å²) < 4.78 is 13.7. The average Bonchev–Trinajstić information content (AvgIpc) is 2.71. The Bertz CT molecular complexity index is 484. The molecular weight excluding hydrogens is 331 g/mol. The molecular formula is C13H16BrFN2OS. The fourth-order valence-corrected chi connectivity index (χ4v) is 3.55. The molecule has 104 valence electrons. The Kier molecular flexibility index (Phi) is 4.86. The van der Waals surface area contributed by atoms with Gasteiger partial charge in [-0.2, -0.15) is 0 Å². The minimum atomic E-state index is -0.280. The van der Waals surface area contributed by atoms with Crippen LogP contribution in [0.15, 0.2) is 22.7 Å². The van der Waals surface area contributed by atoms with Crippen molar-refractivity contribution in [3.05, 3.63) is 34.1 Å². The molecule has 1 atom stereocenters. The van der Waals surface area contributed by atoms with E-state index in [1.54, 1.807) is 23.9 Å². The third-order valence-electron chi connectivity index (χ3n) is 2.99. The number of hydrogen-bond acceptors (Lipinski definition) is 3. The van der Waals surface area contributed by atoms with Crippen molar-refractivity contribution in [3.63, 3.8) is 0 Å². The molecule has 1 aromatic rings. The average molecular weight is 347 g/mol. The van der Waals surface area contributed by atoms with Crippen molar-refractivity contribution in [1.29, 1.82) is 0 Å². The predicted molar refractivity (Wildman–Crippen MR) is 79.6 cm³/mol. The largest absolute Gasteiger partial charge is 0.325 e. The molecule has 1 aliphatic rings. The van der Waals surface area contributed by atoms with Crippen LogP contribution < -0.4 is 0 Å². The maximum atomic E-state index is 13.3. The van der Waals surface area contributed by atoms with Crippen LogP contribution in [0, 0.1) is 5.82 Å². The summed E-state index contributed by atoms with van der Waals surface area (Å²) in [5, 5.41) is -0.00986. The zero-order chi connectivity index (χ0) is 14.0. The van der Waals surface area contributed by atoms with E-state index in [1.807, 2.05) is 23.9 Å². The molecule has 0 bridgehead atoms. The minimum absolute atomic E-state index is 0.00986. The molecule has 1 aliphatic heterocycles. The number of nitrogens with zero attached hydrogens (tertiary/aromatic N) is 2. The summed E-state index contributed by atoms with van der Waals surface area (Å²) in [6, 6.07) is 4.94. The Hall–Kier alpha value is -0.590. The number of likely N-dealkylation sites (N-methyl/N-ethyl adjacent to an activating group) is 1. The number of benzene rings is 1. The minimum Gasteiger partial charge on any atom is -0.325 e. The highest BCUT2D eigenvalue weighted by molar-refractivity contribution is 9.10. The Morgan fingerprint density at radius 3 is 2.89 bits per heavy atom. The van der Waals surface area contributed by atoms with Gasteiger partial charge in [-0.25, -0.2) is 4.39 Å². The zero-order valence-corrected chi connectivity index (χ0v) is 13.3. The van der Waals surface area contributed by atoms with E-state index in [-0.39, 0.29) is 17.1 Å². The summed E-state index contributed by atoms with van der Waals surface area (Å²) in [6.45, 7) is 1.52. The lowest BCUT2D eigenvalue weighted by molar-refractivity contribution is -0.128. The van der Waals surface area contributed by atoms with E-state index >= 15 is 0 Å². The van der Waals surface area contributed by atoms with Gasteiger partial charge in [0.2, 0.25) is 5.91 Å². The smallest absolute Gasteiger partial charge is 0.233 e. The van der Waals surface area contributed by atoms with Crippen LogP contribution in [0.1, 0.15) is 10.9 Å². The Morgan fingerprint density at radius 2 is 2.26 bits per heavy atom. The van der Waals surface area contributed by atoms with Crippen molar-refractivity contribution >= 4 is 33.6 Å². The third-order valence-corrected chi connectivity index (χ3v) is 4.85. The third kappa shape index (κ3) is 3.49. The van der Waals surface area contributed by atoms with Crippen molar-refractivity contribution < 1.29 is 9.18 Å². The molecule has 0 spiro atoms. The van der Waals surface area contributed by atoms with Gasteiger partial charge in [0.25, 0.3) is 0 Å². The molecule has 0 N–H and O–H groups in total. The Balaban J connectivity index is 2.17. The van der Waals surface area contributed by atoms with Gasteiger partial charge in [0.05, 0.1) is 10.2 Å². The summed E-state index contributed by atoms with van der Waals surface area (Å²) in [4.78, 5) is 15.8. The molecule has 1 heterocycles. The van der Waals surface area contributed by atoms with Crippen LogP contribution in [-0.4, -0.2) is 48.6 Å². The number of hydrogen-bond donors (Lipinski definition) is 0. The lowest BCUT2D eigenvalue weighted by Gasteiger charge is -2.25. The number of carbonyl (C=O) groups is 1. The first-order valence-corrected chi connectivity index (χ1v) is 7.84. The first-order valence-electron chi connectivity index (χ1n) is 6.00. The van der Waals surface area contributed by atoms with Crippen LogP contribution in [0.3, 0.4) is 0 Å². The summed E-state index contributed by atoms with van der Waals surface area (Å²) in [5.41, 5.74) is 0.961. The maximum Gasteiger partial charge on any atom is 0.233 e. The first kappa shape index (κ1) is 14.8. The van der Waals surface area contributed by atoms with Crippen LogP contribution in [0.2, 0.25) is 0 Å². The maximum absolute atomic E-state index is 13.3. The topological polar surface area (TPSA) is 23.6 Å². The van der Waals surface area contributed by atoms with E-state index in [4.69, 9.17) is 0 Å².